The molecule has 2 aliphatic carbocycles. The maximum absolute atomic E-state index is 2.34. The third-order valence-electron chi connectivity index (χ3n) is 4.15. The molecule has 0 amide bonds. The van der Waals surface area contributed by atoms with E-state index in [9.17, 15) is 0 Å². The van der Waals surface area contributed by atoms with Crippen LogP contribution < -0.4 is 0 Å². The normalized spacial score (nSPS) is 22.5. The summed E-state index contributed by atoms with van der Waals surface area (Å²) in [4.78, 5) is 2.34. The molecule has 0 N–H and O–H groups in total. The van der Waals surface area contributed by atoms with Crippen LogP contribution in [-0.2, 0) is 17.1 Å². The van der Waals surface area contributed by atoms with E-state index in [1.807, 2.05) is 0 Å². The van der Waals surface area contributed by atoms with Gasteiger partial charge in [-0.2, -0.15) is 0 Å². The molecule has 2 fully saturated rings. The Labute approximate surface area is 113 Å². The minimum Gasteiger partial charge on any atom is -0.306 e. The topological polar surface area (TPSA) is 3.24 Å². The minimum absolute atomic E-state index is 0. The Hall–Kier alpha value is 0.479. The number of nitrogens with zero attached hydrogens (tertiary/aromatic N) is 1. The molecule has 2 saturated carbocycles. The molecule has 98 valence electrons. The van der Waals surface area contributed by atoms with Crippen LogP contribution in [0.2, 0.25) is 0 Å². The summed E-state index contributed by atoms with van der Waals surface area (Å²) in [6.07, 6.45) is 13.3. The van der Waals surface area contributed by atoms with Crippen LogP contribution in [0.25, 0.3) is 0 Å². The average Bonchev–Trinajstić information content (AvgIpc) is 2.92. The van der Waals surface area contributed by atoms with Crippen molar-refractivity contribution >= 4 is 0 Å². The van der Waals surface area contributed by atoms with Gasteiger partial charge in [0.2, 0.25) is 0 Å². The van der Waals surface area contributed by atoms with Gasteiger partial charge in [0.15, 0.2) is 0 Å². The summed E-state index contributed by atoms with van der Waals surface area (Å²) in [6.45, 7) is 2.34. The van der Waals surface area contributed by atoms with E-state index in [0.717, 1.165) is 12.0 Å². The second kappa shape index (κ2) is 9.50. The van der Waals surface area contributed by atoms with Gasteiger partial charge in [0, 0.05) is 23.1 Å². The Morgan fingerprint density at radius 1 is 0.812 bits per heavy atom. The molecule has 0 saturated heterocycles. The van der Waals surface area contributed by atoms with Crippen molar-refractivity contribution in [1.29, 1.82) is 0 Å². The molecule has 0 spiro atoms. The maximum Gasteiger partial charge on any atom is 0.00891 e. The van der Waals surface area contributed by atoms with Crippen molar-refractivity contribution in [3.8, 4) is 0 Å². The molecule has 0 radical (unpaired) electrons. The fourth-order valence-corrected chi connectivity index (χ4v) is 2.75. The quantitative estimate of drug-likeness (QED) is 0.681. The zero-order chi connectivity index (χ0) is 11.1. The van der Waals surface area contributed by atoms with E-state index >= 15 is 0 Å². The van der Waals surface area contributed by atoms with Gasteiger partial charge in [0.1, 0.15) is 0 Å². The van der Waals surface area contributed by atoms with E-state index in [-0.39, 0.29) is 17.1 Å². The van der Waals surface area contributed by atoms with Gasteiger partial charge in [-0.1, -0.05) is 44.9 Å². The summed E-state index contributed by atoms with van der Waals surface area (Å²) in [5.41, 5.74) is 0. The van der Waals surface area contributed by atoms with E-state index < -0.39 is 0 Å². The molecule has 1 unspecified atom stereocenters. The van der Waals surface area contributed by atoms with Crippen molar-refractivity contribution in [3.05, 3.63) is 0 Å². The van der Waals surface area contributed by atoms with Crippen LogP contribution in [-0.4, -0.2) is 25.0 Å². The first kappa shape index (κ1) is 16.5. The second-order valence-electron chi connectivity index (χ2n) is 5.52. The predicted octanol–water partition coefficient (Wildman–Crippen LogP) is 4.07. The zero-order valence-corrected chi connectivity index (χ0v) is 12.4. The standard InChI is InChI=1S/C9H19N.C5H10.Fe/c1-8(10(2)3)9-6-4-5-7-9;1-2-4-5-3-1;/h8-9H,4-7H2,1-3H3;1-5H2;. The van der Waals surface area contributed by atoms with Crippen LogP contribution in [0.4, 0.5) is 0 Å². The summed E-state index contributed by atoms with van der Waals surface area (Å²) in [6, 6.07) is 0.794. The molecule has 2 heteroatoms. The summed E-state index contributed by atoms with van der Waals surface area (Å²) >= 11 is 0. The molecule has 0 aliphatic heterocycles. The monoisotopic (exact) mass is 267 g/mol. The summed E-state index contributed by atoms with van der Waals surface area (Å²) in [5, 5.41) is 0. The van der Waals surface area contributed by atoms with Gasteiger partial charge >= 0.3 is 0 Å². The molecule has 0 aromatic rings. The molecule has 2 rings (SSSR count). The SMILES string of the molecule is C1CCCC1.CC(C1CCCC1)N(C)C.[Fe]. The summed E-state index contributed by atoms with van der Waals surface area (Å²) in [7, 11) is 4.37. The van der Waals surface area contributed by atoms with E-state index in [1.165, 1.54) is 57.8 Å². The summed E-state index contributed by atoms with van der Waals surface area (Å²) in [5.74, 6) is 0.981. The molecule has 1 atom stereocenters. The minimum atomic E-state index is 0. The second-order valence-corrected chi connectivity index (χ2v) is 5.52. The van der Waals surface area contributed by atoms with Crippen molar-refractivity contribution in [2.75, 3.05) is 14.1 Å². The molecule has 16 heavy (non-hydrogen) atoms. The van der Waals surface area contributed by atoms with Gasteiger partial charge in [-0.3, -0.25) is 0 Å². The molecule has 0 bridgehead atoms. The van der Waals surface area contributed by atoms with Gasteiger partial charge in [-0.25, -0.2) is 0 Å². The average molecular weight is 267 g/mol. The first-order valence-electron chi connectivity index (χ1n) is 6.88. The smallest absolute Gasteiger partial charge is 0.00891 e. The van der Waals surface area contributed by atoms with Crippen LogP contribution in [0.3, 0.4) is 0 Å². The van der Waals surface area contributed by atoms with E-state index in [4.69, 9.17) is 0 Å². The number of hydrogen-bond donors (Lipinski definition) is 0. The van der Waals surface area contributed by atoms with Crippen molar-refractivity contribution in [2.45, 2.75) is 70.8 Å². The van der Waals surface area contributed by atoms with Gasteiger partial charge in [-0.15, -0.1) is 0 Å². The van der Waals surface area contributed by atoms with Crippen molar-refractivity contribution in [2.24, 2.45) is 5.92 Å². The molecule has 0 aromatic heterocycles. The third-order valence-corrected chi connectivity index (χ3v) is 4.15. The first-order chi connectivity index (χ1) is 7.22. The third kappa shape index (κ3) is 6.27. The molecule has 0 aromatic carbocycles. The fourth-order valence-electron chi connectivity index (χ4n) is 2.75. The van der Waals surface area contributed by atoms with E-state index in [1.54, 1.807) is 0 Å². The van der Waals surface area contributed by atoms with Crippen LogP contribution in [0.1, 0.15) is 64.7 Å². The Kier molecular flexibility index (Phi) is 9.79. The molecule has 2 aliphatic rings. The molecule has 0 heterocycles. The first-order valence-corrected chi connectivity index (χ1v) is 6.88. The molecule has 1 nitrogen and oxygen atoms in total. The van der Waals surface area contributed by atoms with Gasteiger partial charge in [-0.05, 0) is 39.8 Å². The molecular weight excluding hydrogens is 238 g/mol. The van der Waals surface area contributed by atoms with Crippen molar-refractivity contribution < 1.29 is 17.1 Å². The van der Waals surface area contributed by atoms with Crippen LogP contribution >= 0.6 is 0 Å². The van der Waals surface area contributed by atoms with Gasteiger partial charge in [0.25, 0.3) is 0 Å². The van der Waals surface area contributed by atoms with Crippen molar-refractivity contribution in [3.63, 3.8) is 0 Å². The van der Waals surface area contributed by atoms with Gasteiger partial charge < -0.3 is 4.90 Å². The zero-order valence-electron chi connectivity index (χ0n) is 11.3. The Balaban J connectivity index is 0.000000318. The number of hydrogen-bond acceptors (Lipinski definition) is 1. The van der Waals surface area contributed by atoms with Crippen LogP contribution in [0, 0.1) is 5.92 Å². The van der Waals surface area contributed by atoms with Crippen molar-refractivity contribution in [1.82, 2.24) is 4.90 Å². The largest absolute Gasteiger partial charge is 0.306 e. The number of rotatable bonds is 2. The Bertz CT molecular complexity index is 141. The van der Waals surface area contributed by atoms with Crippen LogP contribution in [0.15, 0.2) is 0 Å². The van der Waals surface area contributed by atoms with Crippen LogP contribution in [0.5, 0.6) is 0 Å². The Morgan fingerprint density at radius 3 is 1.50 bits per heavy atom. The van der Waals surface area contributed by atoms with Gasteiger partial charge in [0.05, 0.1) is 0 Å². The molecular formula is C14H29FeN. The summed E-state index contributed by atoms with van der Waals surface area (Å²) < 4.78 is 0. The van der Waals surface area contributed by atoms with E-state index in [0.29, 0.717) is 0 Å². The van der Waals surface area contributed by atoms with E-state index in [2.05, 4.69) is 25.9 Å². The Morgan fingerprint density at radius 2 is 1.19 bits per heavy atom. The fraction of sp³-hybridized carbons (Fsp3) is 1.00. The maximum atomic E-state index is 2.34. The predicted molar refractivity (Wildman–Crippen MR) is 68.2 cm³/mol.